The zero-order valence-electron chi connectivity index (χ0n) is 34.4. The van der Waals surface area contributed by atoms with Crippen molar-refractivity contribution < 1.29 is 51.8 Å². The molecule has 0 bridgehead atoms. The predicted molar refractivity (Wildman–Crippen MR) is 262 cm³/mol. The molecule has 346 valence electrons. The third-order valence-electron chi connectivity index (χ3n) is 9.65. The summed E-state index contributed by atoms with van der Waals surface area (Å²) in [4.78, 5) is 25.2. The van der Waals surface area contributed by atoms with Crippen molar-refractivity contribution >= 4 is 24.8 Å². The van der Waals surface area contributed by atoms with Gasteiger partial charge >= 0.3 is 12.1 Å². The molecular weight excluding hydrogens is 856 g/mol. The van der Waals surface area contributed by atoms with Crippen LogP contribution in [0.1, 0.15) is 54.7 Å². The van der Waals surface area contributed by atoms with Crippen LogP contribution in [0.4, 0.5) is 4.79 Å². The molecular formula is C54H59O11P. The lowest BCUT2D eigenvalue weighted by atomic mass is 9.78. The van der Waals surface area contributed by atoms with Crippen LogP contribution in [0, 0.1) is 0 Å². The molecule has 7 rings (SSSR count). The fraction of sp³-hybridized carbons (Fsp3) is 0.185. The minimum atomic E-state index is -3.03. The van der Waals surface area contributed by atoms with Crippen molar-refractivity contribution in [2.75, 3.05) is 20.4 Å². The summed E-state index contributed by atoms with van der Waals surface area (Å²) < 4.78 is 57.7. The van der Waals surface area contributed by atoms with Crippen LogP contribution in [0.25, 0.3) is 0 Å². The van der Waals surface area contributed by atoms with Gasteiger partial charge in [0.2, 0.25) is 0 Å². The Kier molecular flexibility index (Phi) is 19.2. The van der Waals surface area contributed by atoms with Crippen LogP contribution in [-0.4, -0.2) is 32.5 Å². The molecule has 0 aliphatic heterocycles. The third-order valence-corrected chi connectivity index (χ3v) is 11.4. The quantitative estimate of drug-likeness (QED) is 0.0398. The van der Waals surface area contributed by atoms with Crippen LogP contribution in [0.3, 0.4) is 0 Å². The van der Waals surface area contributed by atoms with Crippen LogP contribution >= 0.6 is 7.37 Å². The van der Waals surface area contributed by atoms with E-state index in [1.165, 1.54) is 0 Å². The van der Waals surface area contributed by atoms with Crippen LogP contribution in [-0.2, 0) is 14.8 Å². The molecule has 1 atom stereocenters. The monoisotopic (exact) mass is 914 g/mol. The first-order valence-electron chi connectivity index (χ1n) is 19.5. The minimum absolute atomic E-state index is 0. The summed E-state index contributed by atoms with van der Waals surface area (Å²) in [5, 5.41) is 0.639. The largest absolute Gasteiger partial charge is 0.519 e. The Morgan fingerprint density at radius 2 is 0.803 bits per heavy atom. The van der Waals surface area contributed by atoms with Gasteiger partial charge in [-0.1, -0.05) is 86.0 Å². The number of methoxy groups -OCH3 is 1. The molecule has 0 spiro atoms. The number of carbonyl (C=O) groups is 2. The van der Waals surface area contributed by atoms with Crippen LogP contribution in [0.2, 0.25) is 0 Å². The Bertz CT molecular complexity index is 2610. The van der Waals surface area contributed by atoms with Crippen molar-refractivity contribution in [3.05, 3.63) is 187 Å². The van der Waals surface area contributed by atoms with Gasteiger partial charge in [-0.15, -0.1) is 0 Å². The first-order valence-corrected chi connectivity index (χ1v) is 21.6. The molecule has 0 saturated heterocycles. The highest BCUT2D eigenvalue weighted by Gasteiger charge is 2.24. The summed E-state index contributed by atoms with van der Waals surface area (Å²) in [6, 6.07) is 51.0. The van der Waals surface area contributed by atoms with Crippen molar-refractivity contribution in [1.82, 2.24) is 0 Å². The van der Waals surface area contributed by atoms with Gasteiger partial charge in [-0.05, 0) is 145 Å². The third kappa shape index (κ3) is 14.3. The summed E-state index contributed by atoms with van der Waals surface area (Å²) in [5.74, 6) is 4.44. The fourth-order valence-corrected chi connectivity index (χ4v) is 7.52. The smallest absolute Gasteiger partial charge is 0.497 e. The molecule has 12 heteroatoms. The minimum Gasteiger partial charge on any atom is -0.497 e. The summed E-state index contributed by atoms with van der Waals surface area (Å²) in [6.07, 6.45) is -0.874. The van der Waals surface area contributed by atoms with Crippen molar-refractivity contribution in [3.8, 4) is 57.5 Å². The van der Waals surface area contributed by atoms with E-state index in [9.17, 15) is 14.2 Å². The molecule has 0 heterocycles. The van der Waals surface area contributed by atoms with Gasteiger partial charge in [0, 0.05) is 17.4 Å². The topological polar surface area (TPSA) is 125 Å². The Morgan fingerprint density at radius 3 is 1.23 bits per heavy atom. The lowest BCUT2D eigenvalue weighted by Crippen LogP contribution is -2.20. The zero-order valence-corrected chi connectivity index (χ0v) is 35.3. The van der Waals surface area contributed by atoms with E-state index in [0.29, 0.717) is 57.1 Å². The van der Waals surface area contributed by atoms with Crippen LogP contribution in [0.5, 0.6) is 57.5 Å². The van der Waals surface area contributed by atoms with Gasteiger partial charge in [-0.25, -0.2) is 9.59 Å². The van der Waals surface area contributed by atoms with E-state index in [1.807, 2.05) is 42.5 Å². The maximum absolute atomic E-state index is 13.1. The summed E-state index contributed by atoms with van der Waals surface area (Å²) in [5.41, 5.74) is 1.51. The lowest BCUT2D eigenvalue weighted by molar-refractivity contribution is -0.136. The van der Waals surface area contributed by atoms with Crippen LogP contribution in [0.15, 0.2) is 176 Å². The summed E-state index contributed by atoms with van der Waals surface area (Å²) in [7, 11) is -1.43. The first-order chi connectivity index (χ1) is 29.9. The molecule has 0 aliphatic carbocycles. The van der Waals surface area contributed by atoms with Crippen LogP contribution < -0.4 is 43.0 Å². The van der Waals surface area contributed by atoms with E-state index in [2.05, 4.69) is 13.8 Å². The predicted octanol–water partition coefficient (Wildman–Crippen LogP) is 14.3. The van der Waals surface area contributed by atoms with Gasteiger partial charge in [0.1, 0.15) is 57.5 Å². The van der Waals surface area contributed by atoms with Gasteiger partial charge in [-0.2, -0.15) is 0 Å². The Hall–Kier alpha value is -7.49. The Labute approximate surface area is 389 Å². The summed E-state index contributed by atoms with van der Waals surface area (Å²) >= 11 is 0. The van der Waals surface area contributed by atoms with E-state index in [-0.39, 0.29) is 36.3 Å². The molecule has 0 amide bonds. The van der Waals surface area contributed by atoms with Crippen molar-refractivity contribution in [2.45, 2.75) is 49.0 Å². The number of ether oxygens (including phenoxy) is 7. The van der Waals surface area contributed by atoms with Gasteiger partial charge in [0.05, 0.1) is 7.11 Å². The van der Waals surface area contributed by atoms with Gasteiger partial charge < -0.3 is 37.7 Å². The second-order valence-electron chi connectivity index (χ2n) is 14.5. The standard InChI is InChI=1S/C50H43O11P.4CH4/c1-50(2,36-12-16-44(17-13-36)59-49(52)60-45-28-26-41(27-29-45)56-39-22-18-37(54-3)19-23-39)35-10-14-43(15-11-35)58-48(51)34-55-38-20-24-40(25-21-38)57-42-30-32-46(33-31-42)61-62(4,53)47-8-6-5-7-9-47;;;;/h5-33H,34H2,1-4H3;4*1H4. The highest BCUT2D eigenvalue weighted by Crippen LogP contribution is 2.42. The Morgan fingerprint density at radius 1 is 0.455 bits per heavy atom. The molecule has 1 unspecified atom stereocenters. The second kappa shape index (κ2) is 24.0. The van der Waals surface area contributed by atoms with E-state index in [0.717, 1.165) is 16.9 Å². The van der Waals surface area contributed by atoms with E-state index >= 15 is 0 Å². The lowest BCUT2D eigenvalue weighted by Gasteiger charge is -2.26. The molecule has 11 nitrogen and oxygen atoms in total. The van der Waals surface area contributed by atoms with Crippen molar-refractivity contribution in [3.63, 3.8) is 0 Å². The van der Waals surface area contributed by atoms with Gasteiger partial charge in [-0.3, -0.25) is 4.57 Å². The average Bonchev–Trinajstić information content (AvgIpc) is 3.28. The van der Waals surface area contributed by atoms with Crippen molar-refractivity contribution in [1.29, 1.82) is 0 Å². The SMILES string of the molecule is C.C.C.C.COc1ccc(Oc2ccc(OC(=O)Oc3ccc(C(C)(C)c4ccc(OC(=O)COc5ccc(Oc6ccc(OP(C)(=O)c7ccccc7)cc6)cc5)cc4)cc3)cc2)cc1. The number of esters is 1. The van der Waals surface area contributed by atoms with E-state index < -0.39 is 24.9 Å². The molecule has 0 radical (unpaired) electrons. The van der Waals surface area contributed by atoms with Gasteiger partial charge in [0.25, 0.3) is 7.37 Å². The average molecular weight is 915 g/mol. The highest BCUT2D eigenvalue weighted by atomic mass is 31.2. The molecule has 7 aromatic rings. The number of benzene rings is 7. The number of hydrogen-bond donors (Lipinski definition) is 0. The molecule has 66 heavy (non-hydrogen) atoms. The highest BCUT2D eigenvalue weighted by molar-refractivity contribution is 7.66. The molecule has 0 aromatic heterocycles. The fourth-order valence-electron chi connectivity index (χ4n) is 6.18. The van der Waals surface area contributed by atoms with Crippen molar-refractivity contribution in [2.24, 2.45) is 0 Å². The zero-order chi connectivity index (χ0) is 43.5. The maximum Gasteiger partial charge on any atom is 0.519 e. The van der Waals surface area contributed by atoms with Gasteiger partial charge in [0.15, 0.2) is 6.61 Å². The summed E-state index contributed by atoms with van der Waals surface area (Å²) in [6.45, 7) is 5.42. The first kappa shape index (κ1) is 52.9. The molecule has 0 saturated carbocycles. The van der Waals surface area contributed by atoms with E-state index in [4.69, 9.17) is 37.7 Å². The molecule has 0 fully saturated rings. The second-order valence-corrected chi connectivity index (χ2v) is 16.8. The normalized spacial score (nSPS) is 11.2. The molecule has 0 aliphatic rings. The number of hydrogen-bond acceptors (Lipinski definition) is 11. The Balaban J connectivity index is 0.00000289. The number of rotatable bonds is 16. The maximum atomic E-state index is 13.1. The molecule has 7 aromatic carbocycles. The molecule has 0 N–H and O–H groups in total. The van der Waals surface area contributed by atoms with E-state index in [1.54, 1.807) is 147 Å². The number of carbonyl (C=O) groups excluding carboxylic acids is 2.